The maximum atomic E-state index is 12.5. The highest BCUT2D eigenvalue weighted by Gasteiger charge is 2.22. The van der Waals surface area contributed by atoms with Crippen molar-refractivity contribution in [3.63, 3.8) is 0 Å². The summed E-state index contributed by atoms with van der Waals surface area (Å²) in [4.78, 5) is 34.4. The summed E-state index contributed by atoms with van der Waals surface area (Å²) in [6.45, 7) is -0.566. The number of hydrogen-bond donors (Lipinski definition) is 1. The molecule has 0 bridgehead atoms. The zero-order valence-corrected chi connectivity index (χ0v) is 17.0. The predicted molar refractivity (Wildman–Crippen MR) is 111 cm³/mol. The van der Waals surface area contributed by atoms with Gasteiger partial charge < -0.3 is 9.88 Å². The van der Waals surface area contributed by atoms with Crippen LogP contribution in [0.25, 0.3) is 10.2 Å². The van der Waals surface area contributed by atoms with Crippen molar-refractivity contribution in [2.75, 3.05) is 22.4 Å². The molecule has 0 aliphatic rings. The van der Waals surface area contributed by atoms with Crippen LogP contribution in [0.15, 0.2) is 47.3 Å². The van der Waals surface area contributed by atoms with Gasteiger partial charge in [-0.3, -0.25) is 24.0 Å². The molecule has 0 radical (unpaired) electrons. The van der Waals surface area contributed by atoms with Gasteiger partial charge >= 0.3 is 4.87 Å². The minimum atomic E-state index is -3.88. The third-order valence-corrected chi connectivity index (χ3v) is 6.23. The second kappa shape index (κ2) is 7.64. The molecule has 152 valence electrons. The molecule has 12 heteroatoms. The maximum absolute atomic E-state index is 12.5. The van der Waals surface area contributed by atoms with Crippen LogP contribution in [0.2, 0.25) is 0 Å². The van der Waals surface area contributed by atoms with Gasteiger partial charge in [0.25, 0.3) is 5.69 Å². The van der Waals surface area contributed by atoms with Gasteiger partial charge in [0, 0.05) is 24.9 Å². The number of nitrogens with one attached hydrogen (secondary N) is 1. The molecule has 3 aromatic rings. The summed E-state index contributed by atoms with van der Waals surface area (Å²) in [6, 6.07) is 9.93. The zero-order valence-electron chi connectivity index (χ0n) is 15.4. The van der Waals surface area contributed by atoms with Crippen molar-refractivity contribution in [1.82, 2.24) is 4.57 Å². The van der Waals surface area contributed by atoms with Gasteiger partial charge in [-0.2, -0.15) is 0 Å². The molecular weight excluding hydrogens is 420 g/mol. The highest BCUT2D eigenvalue weighted by atomic mass is 32.2. The number of carbonyl (C=O) groups excluding carboxylic acids is 1. The van der Waals surface area contributed by atoms with E-state index in [0.717, 1.165) is 28.0 Å². The number of rotatable bonds is 6. The Kier molecular flexibility index (Phi) is 5.40. The molecule has 2 aromatic carbocycles. The standard InChI is InChI=1S/C17H16N4O6S2/c1-19-14-7-6-11(8-15(14)28-17(19)23)18-16(22)10-20(29(2,26)27)12-4-3-5-13(9-12)21(24)25/h3-9H,10H2,1-2H3,(H,18,22). The van der Waals surface area contributed by atoms with Gasteiger partial charge in [0.2, 0.25) is 15.9 Å². The summed E-state index contributed by atoms with van der Waals surface area (Å²) in [5.74, 6) is -0.635. The molecule has 1 heterocycles. The lowest BCUT2D eigenvalue weighted by Crippen LogP contribution is -2.37. The van der Waals surface area contributed by atoms with Crippen LogP contribution >= 0.6 is 11.3 Å². The number of aryl methyl sites for hydroxylation is 1. The maximum Gasteiger partial charge on any atom is 0.307 e. The Labute approximate surface area is 169 Å². The summed E-state index contributed by atoms with van der Waals surface area (Å²) < 4.78 is 27.3. The molecular formula is C17H16N4O6S2. The number of nitro groups is 1. The first-order valence-corrected chi connectivity index (χ1v) is 10.8. The third-order valence-electron chi connectivity index (χ3n) is 4.09. The quantitative estimate of drug-likeness (QED) is 0.464. The summed E-state index contributed by atoms with van der Waals surface area (Å²) >= 11 is 1.03. The summed E-state index contributed by atoms with van der Waals surface area (Å²) in [6.07, 6.45) is 0.909. The Hall–Kier alpha value is -3.25. The van der Waals surface area contributed by atoms with Crippen LogP contribution in [0.4, 0.5) is 17.1 Å². The molecule has 0 saturated carbocycles. The Morgan fingerprint density at radius 2 is 2.00 bits per heavy atom. The van der Waals surface area contributed by atoms with Crippen LogP contribution in [0.5, 0.6) is 0 Å². The summed E-state index contributed by atoms with van der Waals surface area (Å²) in [7, 11) is -2.24. The third kappa shape index (κ3) is 4.43. The number of carbonyl (C=O) groups is 1. The second-order valence-electron chi connectivity index (χ2n) is 6.20. The molecule has 0 fully saturated rings. The molecule has 3 rings (SSSR count). The van der Waals surface area contributed by atoms with E-state index in [4.69, 9.17) is 0 Å². The lowest BCUT2D eigenvalue weighted by molar-refractivity contribution is -0.384. The van der Waals surface area contributed by atoms with E-state index >= 15 is 0 Å². The number of nitrogens with zero attached hydrogens (tertiary/aromatic N) is 3. The van der Waals surface area contributed by atoms with Crippen LogP contribution in [0.1, 0.15) is 0 Å². The Morgan fingerprint density at radius 3 is 2.66 bits per heavy atom. The lowest BCUT2D eigenvalue weighted by atomic mass is 10.2. The van der Waals surface area contributed by atoms with Crippen LogP contribution in [0.3, 0.4) is 0 Å². The second-order valence-corrected chi connectivity index (χ2v) is 9.10. The molecule has 0 atom stereocenters. The van der Waals surface area contributed by atoms with Gasteiger partial charge in [-0.1, -0.05) is 17.4 Å². The number of hydrogen-bond acceptors (Lipinski definition) is 7. The number of aromatic nitrogens is 1. The minimum absolute atomic E-state index is 0.00794. The molecule has 1 N–H and O–H groups in total. The Morgan fingerprint density at radius 1 is 1.28 bits per heavy atom. The normalized spacial score (nSPS) is 11.4. The van der Waals surface area contributed by atoms with Crippen molar-refractivity contribution in [3.05, 3.63) is 62.2 Å². The van der Waals surface area contributed by atoms with Crippen molar-refractivity contribution in [1.29, 1.82) is 0 Å². The van der Waals surface area contributed by atoms with Crippen molar-refractivity contribution in [3.8, 4) is 0 Å². The molecule has 0 aliphatic carbocycles. The van der Waals surface area contributed by atoms with E-state index in [-0.39, 0.29) is 16.2 Å². The van der Waals surface area contributed by atoms with Crippen molar-refractivity contribution < 1.29 is 18.1 Å². The van der Waals surface area contributed by atoms with Gasteiger partial charge in [-0.05, 0) is 24.3 Å². The molecule has 0 aliphatic heterocycles. The first-order chi connectivity index (χ1) is 13.6. The van der Waals surface area contributed by atoms with Crippen LogP contribution in [-0.4, -0.2) is 36.6 Å². The van der Waals surface area contributed by atoms with Gasteiger partial charge in [0.1, 0.15) is 6.54 Å². The largest absolute Gasteiger partial charge is 0.324 e. The fourth-order valence-corrected chi connectivity index (χ4v) is 4.47. The Bertz CT molecular complexity index is 1280. The zero-order chi connectivity index (χ0) is 21.3. The highest BCUT2D eigenvalue weighted by molar-refractivity contribution is 7.92. The van der Waals surface area contributed by atoms with E-state index < -0.39 is 27.4 Å². The molecule has 29 heavy (non-hydrogen) atoms. The van der Waals surface area contributed by atoms with Crippen LogP contribution in [-0.2, 0) is 21.9 Å². The number of non-ortho nitro benzene ring substituents is 1. The first-order valence-electron chi connectivity index (χ1n) is 8.18. The smallest absolute Gasteiger partial charge is 0.307 e. The number of nitro benzene ring substituents is 1. The fraction of sp³-hybridized carbons (Fsp3) is 0.176. The highest BCUT2D eigenvalue weighted by Crippen LogP contribution is 2.24. The first kappa shape index (κ1) is 20.5. The average Bonchev–Trinajstić information content (AvgIpc) is 2.92. The van der Waals surface area contributed by atoms with Crippen molar-refractivity contribution >= 4 is 54.5 Å². The van der Waals surface area contributed by atoms with E-state index in [2.05, 4.69) is 5.32 Å². The monoisotopic (exact) mass is 436 g/mol. The fourth-order valence-electron chi connectivity index (χ4n) is 2.70. The number of sulfonamides is 1. The minimum Gasteiger partial charge on any atom is -0.324 e. The van der Waals surface area contributed by atoms with Crippen molar-refractivity contribution in [2.24, 2.45) is 7.05 Å². The molecule has 0 saturated heterocycles. The van der Waals surface area contributed by atoms with E-state index in [9.17, 15) is 28.1 Å². The van der Waals surface area contributed by atoms with E-state index in [1.54, 1.807) is 25.2 Å². The SMILES string of the molecule is Cn1c(=O)sc2cc(NC(=O)CN(c3cccc([N+](=O)[O-])c3)S(C)(=O)=O)ccc21. The molecule has 1 aromatic heterocycles. The number of fused-ring (bicyclic) bond motifs is 1. The average molecular weight is 436 g/mol. The lowest BCUT2D eigenvalue weighted by Gasteiger charge is -2.21. The summed E-state index contributed by atoms with van der Waals surface area (Å²) in [5.41, 5.74) is 0.832. The molecule has 0 unspecified atom stereocenters. The van der Waals surface area contributed by atoms with Gasteiger partial charge in [0.15, 0.2) is 0 Å². The van der Waals surface area contributed by atoms with E-state index in [1.807, 2.05) is 0 Å². The molecule has 0 spiro atoms. The number of amides is 1. The van der Waals surface area contributed by atoms with Crippen molar-refractivity contribution in [2.45, 2.75) is 0 Å². The molecule has 10 nitrogen and oxygen atoms in total. The number of benzene rings is 2. The van der Waals surface area contributed by atoms with Gasteiger partial charge in [-0.25, -0.2) is 8.42 Å². The topological polar surface area (TPSA) is 132 Å². The number of anilines is 2. The van der Waals surface area contributed by atoms with Gasteiger partial charge in [-0.15, -0.1) is 0 Å². The summed E-state index contributed by atoms with van der Waals surface area (Å²) in [5, 5.41) is 13.5. The number of thiazole rings is 1. The van der Waals surface area contributed by atoms with Crippen LogP contribution in [0, 0.1) is 10.1 Å². The van der Waals surface area contributed by atoms with Gasteiger partial charge in [0.05, 0.1) is 27.1 Å². The van der Waals surface area contributed by atoms with Crippen LogP contribution < -0.4 is 14.5 Å². The van der Waals surface area contributed by atoms with E-state index in [1.165, 1.54) is 22.8 Å². The Balaban J connectivity index is 1.85. The molecule has 1 amide bonds. The van der Waals surface area contributed by atoms with E-state index in [0.29, 0.717) is 15.9 Å². The predicted octanol–water partition coefficient (Wildman–Crippen LogP) is 1.91.